The van der Waals surface area contributed by atoms with Crippen LogP contribution in [-0.2, 0) is 11.2 Å². The minimum absolute atomic E-state index is 0.0234. The second-order valence-corrected chi connectivity index (χ2v) is 3.26. The smallest absolute Gasteiger partial charge is 0.213 e. The monoisotopic (exact) mass is 195 g/mol. The maximum absolute atomic E-state index is 10.2. The van der Waals surface area contributed by atoms with E-state index in [1.165, 1.54) is 5.56 Å². The molecule has 0 aliphatic rings. The van der Waals surface area contributed by atoms with Crippen LogP contribution in [0.25, 0.3) is 0 Å². The van der Waals surface area contributed by atoms with Crippen LogP contribution in [0, 0.1) is 0 Å². The molecule has 0 saturated heterocycles. The Labute approximate surface area is 82.7 Å². The number of hydrogen-bond donors (Lipinski definition) is 2. The molecule has 5 N–H and O–H groups in total. The number of carboxylic acid groups (broad SMARTS) is 1. The summed E-state index contributed by atoms with van der Waals surface area (Å²) in [5.41, 5.74) is 5.03. The van der Waals surface area contributed by atoms with Crippen molar-refractivity contribution in [1.82, 2.24) is 0 Å². The number of benzene rings is 1. The van der Waals surface area contributed by atoms with Crippen molar-refractivity contribution in [2.75, 3.05) is 6.54 Å². The first-order valence-electron chi connectivity index (χ1n) is 4.58. The highest BCUT2D eigenvalue weighted by Crippen LogP contribution is 1.97. The van der Waals surface area contributed by atoms with Crippen molar-refractivity contribution in [1.29, 1.82) is 0 Å². The van der Waals surface area contributed by atoms with Gasteiger partial charge in [0.15, 0.2) is 0 Å². The number of quaternary nitrogens is 2. The van der Waals surface area contributed by atoms with Gasteiger partial charge in [0.05, 0.1) is 12.4 Å². The molecule has 0 spiro atoms. The summed E-state index contributed by atoms with van der Waals surface area (Å²) in [6, 6.07) is 9.88. The van der Waals surface area contributed by atoms with E-state index >= 15 is 0 Å². The Bertz CT molecular complexity index is 287. The van der Waals surface area contributed by atoms with Crippen molar-refractivity contribution in [3.05, 3.63) is 35.9 Å². The van der Waals surface area contributed by atoms with Gasteiger partial charge in [0.25, 0.3) is 0 Å². The summed E-state index contributed by atoms with van der Waals surface area (Å²) in [6.07, 6.45) is 0.795. The molecule has 0 amide bonds. The van der Waals surface area contributed by atoms with E-state index in [1.54, 1.807) is 5.32 Å². The molecule has 76 valence electrons. The fourth-order valence-corrected chi connectivity index (χ4v) is 1.26. The van der Waals surface area contributed by atoms with Crippen LogP contribution < -0.4 is 16.2 Å². The predicted molar refractivity (Wildman–Crippen MR) is 48.6 cm³/mol. The van der Waals surface area contributed by atoms with E-state index in [4.69, 9.17) is 0 Å². The Morgan fingerprint density at radius 3 is 2.64 bits per heavy atom. The zero-order chi connectivity index (χ0) is 10.4. The maximum atomic E-state index is 10.2. The van der Waals surface area contributed by atoms with Gasteiger partial charge in [-0.05, 0) is 5.56 Å². The quantitative estimate of drug-likeness (QED) is 0.494. The molecule has 14 heavy (non-hydrogen) atoms. The fraction of sp³-hybridized carbons (Fsp3) is 0.300. The molecule has 0 aliphatic heterocycles. The molecule has 0 heterocycles. The molecule has 0 bridgehead atoms. The average molecular weight is 195 g/mol. The summed E-state index contributed by atoms with van der Waals surface area (Å²) in [5.74, 6) is -1.05. The molecule has 1 rings (SSSR count). The third-order valence-electron chi connectivity index (χ3n) is 1.96. The third-order valence-corrected chi connectivity index (χ3v) is 1.96. The Morgan fingerprint density at radius 1 is 1.43 bits per heavy atom. The van der Waals surface area contributed by atoms with Crippen LogP contribution in [0.2, 0.25) is 0 Å². The zero-order valence-electron chi connectivity index (χ0n) is 7.98. The highest BCUT2D eigenvalue weighted by Gasteiger charge is 2.08. The number of hydrogen-bond acceptors (Lipinski definition) is 2. The van der Waals surface area contributed by atoms with Gasteiger partial charge in [-0.25, -0.2) is 0 Å². The number of aliphatic carboxylic acids is 1. The first-order chi connectivity index (χ1) is 6.68. The third kappa shape index (κ3) is 4.02. The lowest BCUT2D eigenvalue weighted by Crippen LogP contribution is -3.03. The Hall–Kier alpha value is -1.39. The van der Waals surface area contributed by atoms with Gasteiger partial charge >= 0.3 is 0 Å². The van der Waals surface area contributed by atoms with E-state index < -0.39 is 5.97 Å². The van der Waals surface area contributed by atoms with Gasteiger partial charge in [-0.3, -0.25) is 5.32 Å². The predicted octanol–water partition coefficient (Wildman–Crippen LogP) is -2.89. The molecule has 0 aromatic heterocycles. The lowest BCUT2D eigenvalue weighted by Gasteiger charge is -2.08. The van der Waals surface area contributed by atoms with Crippen LogP contribution in [0.15, 0.2) is 30.3 Å². The van der Waals surface area contributed by atoms with Crippen molar-refractivity contribution in [3.8, 4) is 0 Å². The van der Waals surface area contributed by atoms with Crippen molar-refractivity contribution < 1.29 is 21.0 Å². The van der Waals surface area contributed by atoms with Crippen LogP contribution in [0.4, 0.5) is 0 Å². The fourth-order valence-electron chi connectivity index (χ4n) is 1.26. The van der Waals surface area contributed by atoms with Crippen LogP contribution in [0.1, 0.15) is 5.56 Å². The molecule has 1 aromatic rings. The molecule has 0 radical (unpaired) electrons. The number of carbonyl (C=O) groups excluding carboxylic acids is 1. The lowest BCUT2D eigenvalue weighted by molar-refractivity contribution is -0.808. The van der Waals surface area contributed by atoms with E-state index in [0.29, 0.717) is 0 Å². The SMILES string of the molecule is [NH3+][C@H](Cc1ccccc1)[NH2+]CC(=O)[O-]. The van der Waals surface area contributed by atoms with Crippen molar-refractivity contribution in [3.63, 3.8) is 0 Å². The topological polar surface area (TPSA) is 84.4 Å². The Morgan fingerprint density at radius 2 is 2.07 bits per heavy atom. The zero-order valence-corrected chi connectivity index (χ0v) is 7.98. The maximum Gasteiger partial charge on any atom is 0.213 e. The summed E-state index contributed by atoms with van der Waals surface area (Å²) in [5, 5.41) is 11.9. The highest BCUT2D eigenvalue weighted by molar-refractivity contribution is 5.64. The molecular formula is C10H15N2O2+. The summed E-state index contributed by atoms with van der Waals surface area (Å²) in [4.78, 5) is 10.2. The first-order valence-corrected chi connectivity index (χ1v) is 4.58. The van der Waals surface area contributed by atoms with E-state index in [2.05, 4.69) is 5.73 Å². The second kappa shape index (κ2) is 5.36. The van der Waals surface area contributed by atoms with Crippen LogP contribution >= 0.6 is 0 Å². The molecule has 0 saturated carbocycles. The van der Waals surface area contributed by atoms with Gasteiger partial charge in [0.1, 0.15) is 6.54 Å². The molecule has 0 aliphatic carbocycles. The summed E-state index contributed by atoms with van der Waals surface area (Å²) < 4.78 is 0. The molecule has 4 nitrogen and oxygen atoms in total. The first kappa shape index (κ1) is 10.7. The number of carbonyl (C=O) groups is 1. The summed E-state index contributed by atoms with van der Waals surface area (Å²) >= 11 is 0. The van der Waals surface area contributed by atoms with Crippen LogP contribution in [0.5, 0.6) is 0 Å². The average Bonchev–Trinajstić information content (AvgIpc) is 2.16. The van der Waals surface area contributed by atoms with Gasteiger partial charge < -0.3 is 15.6 Å². The molecule has 4 heteroatoms. The molecule has 0 unspecified atom stereocenters. The number of nitrogens with two attached hydrogens (primary N) is 1. The van der Waals surface area contributed by atoms with Crippen molar-refractivity contribution >= 4 is 5.97 Å². The standard InChI is InChI=1S/C10H14N2O2/c11-9(12-7-10(13)14)6-8-4-2-1-3-5-8/h1-5,9,12H,6-7,11H2,(H,13,14)/p+1/t9-/m0/s1. The molecule has 0 fully saturated rings. The second-order valence-electron chi connectivity index (χ2n) is 3.26. The normalized spacial score (nSPS) is 12.4. The number of rotatable bonds is 5. The molecule has 1 atom stereocenters. The van der Waals surface area contributed by atoms with Gasteiger partial charge in [-0.1, -0.05) is 30.3 Å². The number of carboxylic acids is 1. The van der Waals surface area contributed by atoms with Crippen molar-refractivity contribution in [2.24, 2.45) is 0 Å². The van der Waals surface area contributed by atoms with Crippen LogP contribution in [0.3, 0.4) is 0 Å². The Kier molecular flexibility index (Phi) is 4.10. The van der Waals surface area contributed by atoms with Gasteiger partial charge in [-0.2, -0.15) is 0 Å². The van der Waals surface area contributed by atoms with E-state index in [1.807, 2.05) is 30.3 Å². The van der Waals surface area contributed by atoms with E-state index in [-0.39, 0.29) is 12.7 Å². The van der Waals surface area contributed by atoms with Gasteiger partial charge in [-0.15, -0.1) is 0 Å². The summed E-state index contributed by atoms with van der Waals surface area (Å²) in [7, 11) is 0. The van der Waals surface area contributed by atoms with Crippen LogP contribution in [-0.4, -0.2) is 18.7 Å². The lowest BCUT2D eigenvalue weighted by atomic mass is 10.1. The minimum Gasteiger partial charge on any atom is -0.544 e. The molecule has 1 aromatic carbocycles. The van der Waals surface area contributed by atoms with Gasteiger partial charge in [0.2, 0.25) is 6.17 Å². The molecular weight excluding hydrogens is 180 g/mol. The van der Waals surface area contributed by atoms with E-state index in [0.717, 1.165) is 6.42 Å². The van der Waals surface area contributed by atoms with Crippen molar-refractivity contribution in [2.45, 2.75) is 12.6 Å². The summed E-state index contributed by atoms with van der Waals surface area (Å²) in [6.45, 7) is -0.0268. The van der Waals surface area contributed by atoms with E-state index in [9.17, 15) is 9.90 Å². The Balaban J connectivity index is 2.34. The van der Waals surface area contributed by atoms with Gasteiger partial charge in [0, 0.05) is 0 Å². The minimum atomic E-state index is -1.05. The largest absolute Gasteiger partial charge is 0.544 e. The highest BCUT2D eigenvalue weighted by atomic mass is 16.4.